The SMILES string of the molecule is CCOc1ccccc1S(=O)(=O)NCC(c1ccco1)n1nc(C)cc1C. The maximum atomic E-state index is 12.9. The number of ether oxygens (including phenoxy) is 1. The standard InChI is InChI=1S/C19H23N3O4S/c1-4-25-18-8-5-6-10-19(18)27(23,24)20-13-16(17-9-7-11-26-17)22-15(3)12-14(2)21-22/h5-12,16,20H,4,13H2,1-3H3. The summed E-state index contributed by atoms with van der Waals surface area (Å²) in [6, 6.07) is 11.7. The fraction of sp³-hybridized carbons (Fsp3) is 0.316. The number of benzene rings is 1. The number of nitrogens with zero attached hydrogens (tertiary/aromatic N) is 2. The van der Waals surface area contributed by atoms with Gasteiger partial charge in [0.25, 0.3) is 0 Å². The fourth-order valence-corrected chi connectivity index (χ4v) is 4.15. The van der Waals surface area contributed by atoms with Gasteiger partial charge in [-0.1, -0.05) is 12.1 Å². The molecule has 1 unspecified atom stereocenters. The second kappa shape index (κ2) is 7.98. The van der Waals surface area contributed by atoms with Gasteiger partial charge in [0, 0.05) is 12.2 Å². The lowest BCUT2D eigenvalue weighted by Gasteiger charge is -2.19. The largest absolute Gasteiger partial charge is 0.492 e. The predicted molar refractivity (Wildman–Crippen MR) is 101 cm³/mol. The first-order chi connectivity index (χ1) is 12.9. The molecule has 27 heavy (non-hydrogen) atoms. The van der Waals surface area contributed by atoms with Crippen molar-refractivity contribution in [2.75, 3.05) is 13.2 Å². The smallest absolute Gasteiger partial charge is 0.244 e. The van der Waals surface area contributed by atoms with Crippen molar-refractivity contribution in [3.05, 3.63) is 65.9 Å². The Morgan fingerprint density at radius 2 is 2.00 bits per heavy atom. The fourth-order valence-electron chi connectivity index (χ4n) is 2.96. The zero-order chi connectivity index (χ0) is 19.4. The van der Waals surface area contributed by atoms with Crippen LogP contribution in [0, 0.1) is 13.8 Å². The summed E-state index contributed by atoms with van der Waals surface area (Å²) >= 11 is 0. The van der Waals surface area contributed by atoms with Crippen molar-refractivity contribution in [1.82, 2.24) is 14.5 Å². The van der Waals surface area contributed by atoms with Crippen molar-refractivity contribution in [2.45, 2.75) is 31.7 Å². The zero-order valence-corrected chi connectivity index (χ0v) is 16.4. The zero-order valence-electron chi connectivity index (χ0n) is 15.5. The van der Waals surface area contributed by atoms with Crippen molar-refractivity contribution >= 4 is 10.0 Å². The Morgan fingerprint density at radius 3 is 2.63 bits per heavy atom. The molecular formula is C19H23N3O4S. The van der Waals surface area contributed by atoms with Gasteiger partial charge in [-0.15, -0.1) is 0 Å². The van der Waals surface area contributed by atoms with Crippen molar-refractivity contribution < 1.29 is 17.6 Å². The predicted octanol–water partition coefficient (Wildman–Crippen LogP) is 3.06. The van der Waals surface area contributed by atoms with Crippen LogP contribution in [0.4, 0.5) is 0 Å². The van der Waals surface area contributed by atoms with Gasteiger partial charge < -0.3 is 9.15 Å². The van der Waals surface area contributed by atoms with Gasteiger partial charge in [0.05, 0.1) is 18.6 Å². The third kappa shape index (κ3) is 4.23. The Kier molecular flexibility index (Phi) is 5.67. The lowest BCUT2D eigenvalue weighted by molar-refractivity contribution is 0.331. The van der Waals surface area contributed by atoms with Crippen LogP contribution in [-0.4, -0.2) is 31.3 Å². The Hall–Kier alpha value is -2.58. The molecule has 3 aromatic rings. The quantitative estimate of drug-likeness (QED) is 0.640. The molecule has 3 rings (SSSR count). The Labute approximate surface area is 159 Å². The summed E-state index contributed by atoms with van der Waals surface area (Å²) in [5.41, 5.74) is 1.77. The second-order valence-corrected chi connectivity index (χ2v) is 7.87. The summed E-state index contributed by atoms with van der Waals surface area (Å²) in [4.78, 5) is 0.110. The summed E-state index contributed by atoms with van der Waals surface area (Å²) in [5.74, 6) is 0.954. The molecule has 0 aliphatic rings. The summed E-state index contributed by atoms with van der Waals surface area (Å²) in [6.07, 6.45) is 1.56. The minimum atomic E-state index is -3.77. The third-order valence-electron chi connectivity index (χ3n) is 4.12. The molecule has 0 spiro atoms. The van der Waals surface area contributed by atoms with E-state index >= 15 is 0 Å². The number of aromatic nitrogens is 2. The monoisotopic (exact) mass is 389 g/mol. The first-order valence-electron chi connectivity index (χ1n) is 8.70. The molecule has 144 valence electrons. The van der Waals surface area contributed by atoms with Gasteiger partial charge >= 0.3 is 0 Å². The van der Waals surface area contributed by atoms with E-state index in [4.69, 9.17) is 9.15 Å². The van der Waals surface area contributed by atoms with Gasteiger partial charge in [-0.3, -0.25) is 4.68 Å². The summed E-state index contributed by atoms with van der Waals surface area (Å²) in [7, 11) is -3.77. The molecule has 0 fully saturated rings. The number of sulfonamides is 1. The van der Waals surface area contributed by atoms with Gasteiger partial charge in [-0.2, -0.15) is 5.10 Å². The van der Waals surface area contributed by atoms with Crippen LogP contribution in [0.3, 0.4) is 0 Å². The molecule has 1 atom stereocenters. The molecule has 0 saturated heterocycles. The van der Waals surface area contributed by atoms with E-state index in [2.05, 4.69) is 9.82 Å². The van der Waals surface area contributed by atoms with Crippen LogP contribution in [0.15, 0.2) is 58.0 Å². The number of hydrogen-bond acceptors (Lipinski definition) is 5. The van der Waals surface area contributed by atoms with Gasteiger partial charge in [0.1, 0.15) is 22.4 Å². The first kappa shape index (κ1) is 19.2. The third-order valence-corrected chi connectivity index (χ3v) is 5.58. The van der Waals surface area contributed by atoms with Gasteiger partial charge in [0.2, 0.25) is 10.0 Å². The van der Waals surface area contributed by atoms with Crippen LogP contribution in [0.25, 0.3) is 0 Å². The normalized spacial score (nSPS) is 12.9. The van der Waals surface area contributed by atoms with Crippen molar-refractivity contribution in [3.63, 3.8) is 0 Å². The molecule has 0 aliphatic heterocycles. The van der Waals surface area contributed by atoms with E-state index in [0.29, 0.717) is 18.1 Å². The number of para-hydroxylation sites is 1. The van der Waals surface area contributed by atoms with Crippen LogP contribution in [0.5, 0.6) is 5.75 Å². The minimum Gasteiger partial charge on any atom is -0.492 e. The molecule has 2 heterocycles. The van der Waals surface area contributed by atoms with E-state index in [1.165, 1.54) is 6.07 Å². The number of aryl methyl sites for hydroxylation is 2. The summed E-state index contributed by atoms with van der Waals surface area (Å²) in [5, 5.41) is 4.48. The van der Waals surface area contributed by atoms with Crippen molar-refractivity contribution in [2.24, 2.45) is 0 Å². The Bertz CT molecular complexity index is 994. The van der Waals surface area contributed by atoms with Crippen LogP contribution in [-0.2, 0) is 10.0 Å². The first-order valence-corrected chi connectivity index (χ1v) is 10.2. The number of furan rings is 1. The lowest BCUT2D eigenvalue weighted by atomic mass is 10.2. The highest BCUT2D eigenvalue weighted by Crippen LogP contribution is 2.25. The van der Waals surface area contributed by atoms with E-state index < -0.39 is 16.1 Å². The molecule has 0 radical (unpaired) electrons. The molecule has 2 aromatic heterocycles. The van der Waals surface area contributed by atoms with Gasteiger partial charge in [-0.25, -0.2) is 13.1 Å². The van der Waals surface area contributed by atoms with Crippen LogP contribution < -0.4 is 9.46 Å². The van der Waals surface area contributed by atoms with E-state index in [1.54, 1.807) is 35.2 Å². The van der Waals surface area contributed by atoms with Gasteiger partial charge in [-0.05, 0) is 51.1 Å². The number of rotatable bonds is 8. The Balaban J connectivity index is 1.89. The highest BCUT2D eigenvalue weighted by Gasteiger charge is 2.25. The molecule has 0 bridgehead atoms. The van der Waals surface area contributed by atoms with E-state index in [1.807, 2.05) is 32.9 Å². The molecule has 7 nitrogen and oxygen atoms in total. The van der Waals surface area contributed by atoms with E-state index in [9.17, 15) is 8.42 Å². The Morgan fingerprint density at radius 1 is 1.22 bits per heavy atom. The van der Waals surface area contributed by atoms with Crippen molar-refractivity contribution in [1.29, 1.82) is 0 Å². The lowest BCUT2D eigenvalue weighted by Crippen LogP contribution is -2.32. The molecule has 0 aliphatic carbocycles. The topological polar surface area (TPSA) is 86.4 Å². The molecule has 1 aromatic carbocycles. The molecule has 0 amide bonds. The average molecular weight is 389 g/mol. The number of hydrogen-bond donors (Lipinski definition) is 1. The number of nitrogens with one attached hydrogen (secondary N) is 1. The van der Waals surface area contributed by atoms with E-state index in [0.717, 1.165) is 11.4 Å². The minimum absolute atomic E-state index is 0.0955. The maximum Gasteiger partial charge on any atom is 0.244 e. The average Bonchev–Trinajstić information content (AvgIpc) is 3.26. The van der Waals surface area contributed by atoms with Gasteiger partial charge in [0.15, 0.2) is 0 Å². The van der Waals surface area contributed by atoms with E-state index in [-0.39, 0.29) is 11.4 Å². The molecule has 1 N–H and O–H groups in total. The van der Waals surface area contributed by atoms with Crippen LogP contribution in [0.2, 0.25) is 0 Å². The summed E-state index contributed by atoms with van der Waals surface area (Å²) < 4.78 is 41.2. The summed E-state index contributed by atoms with van der Waals surface area (Å²) in [6.45, 7) is 6.11. The highest BCUT2D eigenvalue weighted by atomic mass is 32.2. The molecule has 0 saturated carbocycles. The second-order valence-electron chi connectivity index (χ2n) is 6.13. The maximum absolute atomic E-state index is 12.9. The van der Waals surface area contributed by atoms with Crippen molar-refractivity contribution in [3.8, 4) is 5.75 Å². The van der Waals surface area contributed by atoms with Crippen LogP contribution in [0.1, 0.15) is 30.1 Å². The molecule has 8 heteroatoms. The molecular weight excluding hydrogens is 366 g/mol. The van der Waals surface area contributed by atoms with Crippen LogP contribution >= 0.6 is 0 Å². The highest BCUT2D eigenvalue weighted by molar-refractivity contribution is 7.89.